The Morgan fingerprint density at radius 3 is 2.94 bits per heavy atom. The fourth-order valence-corrected chi connectivity index (χ4v) is 1.78. The topological polar surface area (TPSA) is 69.6 Å². The molecule has 5 nitrogen and oxygen atoms in total. The third-order valence-corrected chi connectivity index (χ3v) is 2.63. The summed E-state index contributed by atoms with van der Waals surface area (Å²) in [6.45, 7) is 4.88. The van der Waals surface area contributed by atoms with Gasteiger partial charge in [-0.1, -0.05) is 18.2 Å². The van der Waals surface area contributed by atoms with Gasteiger partial charge in [-0.3, -0.25) is 4.98 Å². The van der Waals surface area contributed by atoms with Gasteiger partial charge in [0.25, 0.3) is 0 Å². The van der Waals surface area contributed by atoms with Crippen LogP contribution in [0.4, 0.5) is 0 Å². The van der Waals surface area contributed by atoms with Crippen molar-refractivity contribution in [1.29, 1.82) is 0 Å². The van der Waals surface area contributed by atoms with E-state index in [2.05, 4.69) is 22.2 Å². The average Bonchev–Trinajstić information content (AvgIpc) is 2.77. The molecule has 2 heterocycles. The van der Waals surface area contributed by atoms with Crippen LogP contribution in [0.3, 0.4) is 0 Å². The first-order chi connectivity index (χ1) is 8.22. The SMILES string of the molecule is CCCn1nncc1C(N)c1cccc(C)n1. The van der Waals surface area contributed by atoms with E-state index in [9.17, 15) is 0 Å². The van der Waals surface area contributed by atoms with E-state index in [1.54, 1.807) is 6.20 Å². The molecule has 90 valence electrons. The van der Waals surface area contributed by atoms with Gasteiger partial charge < -0.3 is 5.73 Å². The summed E-state index contributed by atoms with van der Waals surface area (Å²) in [6, 6.07) is 5.58. The number of aryl methyl sites for hydroxylation is 2. The van der Waals surface area contributed by atoms with Crippen LogP contribution in [0.5, 0.6) is 0 Å². The van der Waals surface area contributed by atoms with Crippen LogP contribution in [0.2, 0.25) is 0 Å². The maximum atomic E-state index is 6.20. The highest BCUT2D eigenvalue weighted by molar-refractivity contribution is 5.21. The molecule has 1 atom stereocenters. The van der Waals surface area contributed by atoms with Crippen molar-refractivity contribution in [2.45, 2.75) is 32.9 Å². The van der Waals surface area contributed by atoms with E-state index >= 15 is 0 Å². The second kappa shape index (κ2) is 5.05. The number of aromatic nitrogens is 4. The maximum absolute atomic E-state index is 6.20. The molecule has 0 amide bonds. The van der Waals surface area contributed by atoms with Crippen LogP contribution in [0, 0.1) is 6.92 Å². The van der Waals surface area contributed by atoms with Gasteiger partial charge in [-0.2, -0.15) is 0 Å². The maximum Gasteiger partial charge on any atom is 0.0913 e. The molecule has 0 aliphatic heterocycles. The number of hydrogen-bond acceptors (Lipinski definition) is 4. The van der Waals surface area contributed by atoms with Gasteiger partial charge >= 0.3 is 0 Å². The van der Waals surface area contributed by atoms with Crippen molar-refractivity contribution < 1.29 is 0 Å². The van der Waals surface area contributed by atoms with E-state index in [-0.39, 0.29) is 6.04 Å². The van der Waals surface area contributed by atoms with Gasteiger partial charge in [0.15, 0.2) is 0 Å². The summed E-state index contributed by atoms with van der Waals surface area (Å²) in [5, 5.41) is 7.95. The van der Waals surface area contributed by atoms with Crippen LogP contribution < -0.4 is 5.73 Å². The summed E-state index contributed by atoms with van der Waals surface area (Å²) in [4.78, 5) is 4.44. The first-order valence-corrected chi connectivity index (χ1v) is 5.80. The molecule has 17 heavy (non-hydrogen) atoms. The molecule has 0 saturated heterocycles. The summed E-state index contributed by atoms with van der Waals surface area (Å²) in [5.41, 5.74) is 8.92. The second-order valence-corrected chi connectivity index (χ2v) is 4.06. The van der Waals surface area contributed by atoms with Crippen molar-refractivity contribution in [3.8, 4) is 0 Å². The van der Waals surface area contributed by atoms with Gasteiger partial charge in [0.2, 0.25) is 0 Å². The molecule has 0 aromatic carbocycles. The molecule has 0 aliphatic carbocycles. The standard InChI is InChI=1S/C12H17N5/c1-3-7-17-11(8-14-16-17)12(13)10-6-4-5-9(2)15-10/h4-6,8,12H,3,7,13H2,1-2H3. The Kier molecular flexibility index (Phi) is 3.49. The molecule has 2 N–H and O–H groups in total. The van der Waals surface area contributed by atoms with E-state index in [1.165, 1.54) is 0 Å². The van der Waals surface area contributed by atoms with Crippen molar-refractivity contribution in [2.24, 2.45) is 5.73 Å². The van der Waals surface area contributed by atoms with E-state index in [4.69, 9.17) is 5.73 Å². The van der Waals surface area contributed by atoms with Gasteiger partial charge in [-0.25, -0.2) is 4.68 Å². The number of rotatable bonds is 4. The normalized spacial score (nSPS) is 12.6. The van der Waals surface area contributed by atoms with Crippen molar-refractivity contribution in [1.82, 2.24) is 20.0 Å². The predicted molar refractivity (Wildman–Crippen MR) is 65.3 cm³/mol. The van der Waals surface area contributed by atoms with Crippen LogP contribution in [-0.4, -0.2) is 20.0 Å². The Labute approximate surface area is 101 Å². The molecule has 2 aromatic rings. The van der Waals surface area contributed by atoms with Crippen molar-refractivity contribution in [2.75, 3.05) is 0 Å². The van der Waals surface area contributed by atoms with Crippen LogP contribution in [0.15, 0.2) is 24.4 Å². The summed E-state index contributed by atoms with van der Waals surface area (Å²) < 4.78 is 1.84. The van der Waals surface area contributed by atoms with Gasteiger partial charge in [0.05, 0.1) is 23.6 Å². The fourth-order valence-electron chi connectivity index (χ4n) is 1.78. The fraction of sp³-hybridized carbons (Fsp3) is 0.417. The highest BCUT2D eigenvalue weighted by Gasteiger charge is 2.15. The smallest absolute Gasteiger partial charge is 0.0913 e. The third-order valence-electron chi connectivity index (χ3n) is 2.63. The minimum Gasteiger partial charge on any atom is -0.318 e. The predicted octanol–water partition coefficient (Wildman–Crippen LogP) is 1.44. The number of hydrogen-bond donors (Lipinski definition) is 1. The molecular weight excluding hydrogens is 214 g/mol. The molecule has 1 unspecified atom stereocenters. The number of nitrogens with zero attached hydrogens (tertiary/aromatic N) is 4. The van der Waals surface area contributed by atoms with Crippen molar-refractivity contribution in [3.63, 3.8) is 0 Å². The molecule has 0 bridgehead atoms. The van der Waals surface area contributed by atoms with E-state index in [0.717, 1.165) is 30.0 Å². The first-order valence-electron chi connectivity index (χ1n) is 5.80. The van der Waals surface area contributed by atoms with Crippen molar-refractivity contribution in [3.05, 3.63) is 41.5 Å². The number of pyridine rings is 1. The van der Waals surface area contributed by atoms with Gasteiger partial charge in [-0.15, -0.1) is 5.10 Å². The lowest BCUT2D eigenvalue weighted by Gasteiger charge is -2.12. The summed E-state index contributed by atoms with van der Waals surface area (Å²) in [6.07, 6.45) is 2.72. The second-order valence-electron chi connectivity index (χ2n) is 4.06. The van der Waals surface area contributed by atoms with Crippen LogP contribution in [0.1, 0.15) is 36.5 Å². The summed E-state index contributed by atoms with van der Waals surface area (Å²) >= 11 is 0. The van der Waals surface area contributed by atoms with Gasteiger partial charge in [-0.05, 0) is 25.5 Å². The molecule has 2 aromatic heterocycles. The minimum absolute atomic E-state index is 0.267. The van der Waals surface area contributed by atoms with Crippen LogP contribution in [0.25, 0.3) is 0 Å². The molecule has 0 radical (unpaired) electrons. The lowest BCUT2D eigenvalue weighted by atomic mass is 10.1. The van der Waals surface area contributed by atoms with Crippen LogP contribution in [-0.2, 0) is 6.54 Å². The highest BCUT2D eigenvalue weighted by atomic mass is 15.4. The summed E-state index contributed by atoms with van der Waals surface area (Å²) in [5.74, 6) is 0. The molecule has 5 heteroatoms. The Hall–Kier alpha value is -1.75. The van der Waals surface area contributed by atoms with Gasteiger partial charge in [0.1, 0.15) is 0 Å². The van der Waals surface area contributed by atoms with Crippen molar-refractivity contribution >= 4 is 0 Å². The zero-order chi connectivity index (χ0) is 12.3. The van der Waals surface area contributed by atoms with E-state index in [0.29, 0.717) is 0 Å². The Bertz CT molecular complexity index is 491. The molecule has 2 rings (SSSR count). The quantitative estimate of drug-likeness (QED) is 0.864. The third kappa shape index (κ3) is 2.50. The Morgan fingerprint density at radius 2 is 2.24 bits per heavy atom. The zero-order valence-corrected chi connectivity index (χ0v) is 10.2. The monoisotopic (exact) mass is 231 g/mol. The van der Waals surface area contributed by atoms with Crippen LogP contribution >= 0.6 is 0 Å². The Balaban J connectivity index is 2.30. The molecule has 0 saturated carbocycles. The van der Waals surface area contributed by atoms with E-state index in [1.807, 2.05) is 29.8 Å². The highest BCUT2D eigenvalue weighted by Crippen LogP contribution is 2.16. The average molecular weight is 231 g/mol. The summed E-state index contributed by atoms with van der Waals surface area (Å²) in [7, 11) is 0. The molecule has 0 aliphatic rings. The molecule has 0 spiro atoms. The first kappa shape index (κ1) is 11.7. The zero-order valence-electron chi connectivity index (χ0n) is 10.2. The lowest BCUT2D eigenvalue weighted by molar-refractivity contribution is 0.541. The van der Waals surface area contributed by atoms with E-state index < -0.39 is 0 Å². The Morgan fingerprint density at radius 1 is 1.41 bits per heavy atom. The minimum atomic E-state index is -0.267. The molecule has 0 fully saturated rings. The molecular formula is C12H17N5. The number of nitrogens with two attached hydrogens (primary N) is 1. The van der Waals surface area contributed by atoms with Gasteiger partial charge in [0, 0.05) is 12.2 Å². The largest absolute Gasteiger partial charge is 0.318 e. The lowest BCUT2D eigenvalue weighted by Crippen LogP contribution is -2.18.